The van der Waals surface area contributed by atoms with Crippen LogP contribution in [-0.4, -0.2) is 33.7 Å². The lowest BCUT2D eigenvalue weighted by Gasteiger charge is -2.23. The fourth-order valence-electron chi connectivity index (χ4n) is 5.58. The second-order valence-electron chi connectivity index (χ2n) is 11.1. The average Bonchev–Trinajstić information content (AvgIpc) is 3.33. The summed E-state index contributed by atoms with van der Waals surface area (Å²) < 4.78 is 111. The number of hydrogen-bond acceptors (Lipinski definition) is 4. The van der Waals surface area contributed by atoms with E-state index in [1.54, 1.807) is 12.1 Å². The lowest BCUT2D eigenvalue weighted by atomic mass is 9.87. The predicted molar refractivity (Wildman–Crippen MR) is 156 cm³/mol. The van der Waals surface area contributed by atoms with Crippen LogP contribution in [0.3, 0.4) is 0 Å². The monoisotopic (exact) mass is 635 g/mol. The molecule has 1 unspecified atom stereocenters. The third-order valence-electron chi connectivity index (χ3n) is 7.66. The van der Waals surface area contributed by atoms with Crippen molar-refractivity contribution in [2.75, 3.05) is 6.61 Å². The number of allylic oxidation sites excluding steroid dienone is 1. The van der Waals surface area contributed by atoms with Gasteiger partial charge in [-0.05, 0) is 85.2 Å². The van der Waals surface area contributed by atoms with Gasteiger partial charge in [0.05, 0.1) is 29.0 Å². The summed E-state index contributed by atoms with van der Waals surface area (Å²) in [5.74, 6) is -0.555. The molecule has 0 saturated carbocycles. The molecule has 0 spiro atoms. The molecule has 1 aliphatic rings. The second-order valence-corrected chi connectivity index (χ2v) is 11.1. The first kappa shape index (κ1) is 32.5. The lowest BCUT2D eigenvalue weighted by Crippen LogP contribution is -2.19. The summed E-state index contributed by atoms with van der Waals surface area (Å²) in [7, 11) is 0. The molecule has 0 radical (unpaired) electrons. The number of benzene rings is 2. The van der Waals surface area contributed by atoms with E-state index in [2.05, 4.69) is 10.1 Å². The average molecular weight is 636 g/mol. The third-order valence-corrected chi connectivity index (χ3v) is 7.66. The molecule has 2 aromatic carbocycles. The van der Waals surface area contributed by atoms with Crippen LogP contribution >= 0.6 is 0 Å². The third kappa shape index (κ3) is 7.66. The maximum atomic E-state index is 15.3. The zero-order valence-corrected chi connectivity index (χ0v) is 24.7. The Morgan fingerprint density at radius 2 is 1.69 bits per heavy atom. The molecule has 4 aromatic rings. The minimum absolute atomic E-state index is 0.0377. The quantitative estimate of drug-likeness (QED) is 0.136. The van der Waals surface area contributed by atoms with Crippen LogP contribution < -0.4 is 4.74 Å². The molecule has 2 atom stereocenters. The number of hydrogen-bond donors (Lipinski definition) is 0. The van der Waals surface area contributed by atoms with Crippen LogP contribution in [0.2, 0.25) is 0 Å². The van der Waals surface area contributed by atoms with Gasteiger partial charge in [-0.15, -0.1) is 5.10 Å². The molecule has 1 aliphatic heterocycles. The van der Waals surface area contributed by atoms with Gasteiger partial charge in [-0.1, -0.05) is 31.5 Å². The lowest BCUT2D eigenvalue weighted by molar-refractivity contribution is -0.137. The molecule has 5 nitrogen and oxygen atoms in total. The van der Waals surface area contributed by atoms with Gasteiger partial charge in [0.1, 0.15) is 0 Å². The number of nitrogens with zero attached hydrogens (tertiary/aromatic N) is 3. The summed E-state index contributed by atoms with van der Waals surface area (Å²) >= 11 is 0. The van der Waals surface area contributed by atoms with Crippen LogP contribution in [0.5, 0.6) is 5.88 Å². The van der Waals surface area contributed by atoms with Crippen LogP contribution in [0.1, 0.15) is 80.9 Å². The number of alkyl halides is 6. The fraction of sp³-hybridized carbons (Fsp3) is 0.394. The standard InChI is InChI=1S/C33H32F7N3O2/c1-3-6-20(2)45-28-15-11-23(19-41-28)30(26(18-32(35,36)37)21-8-12-24(13-9-21)33(38,39)40)22-10-14-27-25(17-22)31(34)42-43(27)29-7-4-5-16-44-29/h8-15,17,19-20,29H,3-7,16,18H2,1-2H3/b30-26-/t20-,29?/m0/s1. The molecule has 240 valence electrons. The maximum absolute atomic E-state index is 15.3. The van der Waals surface area contributed by atoms with Gasteiger partial charge in [-0.25, -0.2) is 9.67 Å². The summed E-state index contributed by atoms with van der Waals surface area (Å²) in [6, 6.07) is 11.1. The summed E-state index contributed by atoms with van der Waals surface area (Å²) in [4.78, 5) is 4.32. The normalized spacial score (nSPS) is 17.3. The molecule has 0 N–H and O–H groups in total. The summed E-state index contributed by atoms with van der Waals surface area (Å²) in [6.45, 7) is 4.37. The van der Waals surface area contributed by atoms with Crippen LogP contribution in [0, 0.1) is 5.95 Å². The second kappa shape index (κ2) is 13.2. The van der Waals surface area contributed by atoms with Crippen molar-refractivity contribution in [3.8, 4) is 5.88 Å². The van der Waals surface area contributed by atoms with Gasteiger partial charge in [0.2, 0.25) is 11.8 Å². The molecular formula is C33H32F7N3O2. The first-order valence-corrected chi connectivity index (χ1v) is 14.7. The molecular weight excluding hydrogens is 603 g/mol. The molecule has 0 bridgehead atoms. The van der Waals surface area contributed by atoms with Crippen molar-refractivity contribution in [1.29, 1.82) is 0 Å². The van der Waals surface area contributed by atoms with Crippen molar-refractivity contribution in [2.45, 2.75) is 77.1 Å². The highest BCUT2D eigenvalue weighted by Gasteiger charge is 2.34. The van der Waals surface area contributed by atoms with Gasteiger partial charge in [0.15, 0.2) is 6.23 Å². The van der Waals surface area contributed by atoms with E-state index in [0.29, 0.717) is 18.5 Å². The Labute approximate surface area is 255 Å². The first-order valence-electron chi connectivity index (χ1n) is 14.7. The Balaban J connectivity index is 1.69. The highest BCUT2D eigenvalue weighted by molar-refractivity contribution is 6.00. The summed E-state index contributed by atoms with van der Waals surface area (Å²) in [6.07, 6.45) is -6.12. The van der Waals surface area contributed by atoms with E-state index in [0.717, 1.165) is 49.9 Å². The van der Waals surface area contributed by atoms with Crippen LogP contribution in [-0.2, 0) is 10.9 Å². The van der Waals surface area contributed by atoms with Crippen LogP contribution in [0.4, 0.5) is 30.7 Å². The van der Waals surface area contributed by atoms with Gasteiger partial charge in [0.25, 0.3) is 0 Å². The van der Waals surface area contributed by atoms with E-state index < -0.39 is 36.5 Å². The Kier molecular flexibility index (Phi) is 9.52. The Morgan fingerprint density at radius 3 is 2.29 bits per heavy atom. The first-order chi connectivity index (χ1) is 21.3. The molecule has 45 heavy (non-hydrogen) atoms. The van der Waals surface area contributed by atoms with E-state index in [1.165, 1.54) is 29.1 Å². The topological polar surface area (TPSA) is 49.2 Å². The van der Waals surface area contributed by atoms with E-state index in [1.807, 2.05) is 13.8 Å². The van der Waals surface area contributed by atoms with Gasteiger partial charge in [0, 0.05) is 24.4 Å². The number of aromatic nitrogens is 3. The van der Waals surface area contributed by atoms with Gasteiger partial charge in [-0.3, -0.25) is 0 Å². The van der Waals surface area contributed by atoms with Gasteiger partial charge in [-0.2, -0.15) is 30.7 Å². The number of rotatable bonds is 9. The molecule has 1 saturated heterocycles. The predicted octanol–water partition coefficient (Wildman–Crippen LogP) is 9.77. The van der Waals surface area contributed by atoms with Crippen molar-refractivity contribution in [3.05, 3.63) is 89.0 Å². The highest BCUT2D eigenvalue weighted by Crippen LogP contribution is 2.41. The molecule has 3 heterocycles. The summed E-state index contributed by atoms with van der Waals surface area (Å²) in [5.41, 5.74) is -0.471. The zero-order valence-electron chi connectivity index (χ0n) is 24.7. The molecule has 5 rings (SSSR count). The van der Waals surface area contributed by atoms with Gasteiger partial charge < -0.3 is 9.47 Å². The number of ether oxygens (including phenoxy) is 2. The number of fused-ring (bicyclic) bond motifs is 1. The molecule has 12 heteroatoms. The Bertz CT molecular complexity index is 1640. The highest BCUT2D eigenvalue weighted by atomic mass is 19.4. The zero-order chi connectivity index (χ0) is 32.4. The Morgan fingerprint density at radius 1 is 0.978 bits per heavy atom. The maximum Gasteiger partial charge on any atom is 0.416 e. The summed E-state index contributed by atoms with van der Waals surface area (Å²) in [5, 5.41) is 4.10. The smallest absolute Gasteiger partial charge is 0.416 e. The van der Waals surface area contributed by atoms with Gasteiger partial charge >= 0.3 is 12.4 Å². The van der Waals surface area contributed by atoms with E-state index >= 15 is 4.39 Å². The number of pyridine rings is 1. The molecule has 1 fully saturated rings. The van der Waals surface area contributed by atoms with Crippen molar-refractivity contribution < 1.29 is 40.2 Å². The van der Waals surface area contributed by atoms with Crippen molar-refractivity contribution >= 4 is 22.0 Å². The minimum atomic E-state index is -4.73. The SMILES string of the molecule is CCC[C@H](C)Oc1ccc(/C(=C(/CC(F)(F)F)c2ccc(C(F)(F)F)cc2)c2ccc3c(c2)c(F)nn3C2CCCCO2)cn1. The van der Waals surface area contributed by atoms with Crippen LogP contribution in [0.15, 0.2) is 60.8 Å². The largest absolute Gasteiger partial charge is 0.475 e. The van der Waals surface area contributed by atoms with Crippen molar-refractivity contribution in [3.63, 3.8) is 0 Å². The molecule has 0 aliphatic carbocycles. The van der Waals surface area contributed by atoms with E-state index in [4.69, 9.17) is 9.47 Å². The molecule has 0 amide bonds. The van der Waals surface area contributed by atoms with Crippen molar-refractivity contribution in [1.82, 2.24) is 14.8 Å². The minimum Gasteiger partial charge on any atom is -0.475 e. The molecule has 2 aromatic heterocycles. The van der Waals surface area contributed by atoms with E-state index in [9.17, 15) is 26.3 Å². The fourth-order valence-corrected chi connectivity index (χ4v) is 5.58. The Hall–Kier alpha value is -3.93. The van der Waals surface area contributed by atoms with E-state index in [-0.39, 0.29) is 45.2 Å². The number of halogens is 7. The van der Waals surface area contributed by atoms with Crippen LogP contribution in [0.25, 0.3) is 22.0 Å². The van der Waals surface area contributed by atoms with Crippen molar-refractivity contribution in [2.24, 2.45) is 0 Å².